The Morgan fingerprint density at radius 3 is 2.79 bits per heavy atom. The third kappa shape index (κ3) is 4.28. The van der Waals surface area contributed by atoms with Crippen molar-refractivity contribution in [3.05, 3.63) is 58.6 Å². The Kier molecular flexibility index (Phi) is 6.07. The Morgan fingerprint density at radius 2 is 2.04 bits per heavy atom. The third-order valence-corrected chi connectivity index (χ3v) is 5.83. The van der Waals surface area contributed by atoms with Crippen molar-refractivity contribution in [1.29, 1.82) is 0 Å². The van der Waals surface area contributed by atoms with Gasteiger partial charge < -0.3 is 10.1 Å². The monoisotopic (exact) mass is 416 g/mol. The van der Waals surface area contributed by atoms with Crippen molar-refractivity contribution in [2.75, 3.05) is 39.4 Å². The maximum atomic E-state index is 12.9. The summed E-state index contributed by atoms with van der Waals surface area (Å²) in [5.41, 5.74) is 1.91. The van der Waals surface area contributed by atoms with Crippen molar-refractivity contribution < 1.29 is 9.53 Å². The molecule has 0 atom stereocenters. The van der Waals surface area contributed by atoms with Crippen LogP contribution in [0.2, 0.25) is 5.02 Å². The van der Waals surface area contributed by atoms with Crippen LogP contribution in [-0.4, -0.2) is 60.0 Å². The first-order valence-corrected chi connectivity index (χ1v) is 10.5. The molecule has 0 saturated carbocycles. The zero-order chi connectivity index (χ0) is 19.3. The second kappa shape index (κ2) is 8.87. The molecular weight excluding hydrogens is 396 g/mol. The lowest BCUT2D eigenvalue weighted by molar-refractivity contribution is 0.0383. The average Bonchev–Trinajstić information content (AvgIpc) is 3.39. The van der Waals surface area contributed by atoms with Crippen LogP contribution >= 0.6 is 22.9 Å². The summed E-state index contributed by atoms with van der Waals surface area (Å²) in [5, 5.41) is 10.2. The minimum absolute atomic E-state index is 0.163. The van der Waals surface area contributed by atoms with Crippen LogP contribution in [-0.2, 0) is 4.74 Å². The number of carbonyl (C=O) groups is 1. The first-order chi connectivity index (χ1) is 13.7. The molecule has 1 fully saturated rings. The lowest BCUT2D eigenvalue weighted by atomic mass is 10.2. The van der Waals surface area contributed by atoms with E-state index in [0.717, 1.165) is 43.4 Å². The van der Waals surface area contributed by atoms with Crippen LogP contribution in [0.3, 0.4) is 0 Å². The Balaban J connectivity index is 1.56. The summed E-state index contributed by atoms with van der Waals surface area (Å²) in [6, 6.07) is 13.2. The minimum Gasteiger partial charge on any atom is -0.379 e. The molecule has 8 heteroatoms. The lowest BCUT2D eigenvalue weighted by Gasteiger charge is -2.26. The molecule has 4 rings (SSSR count). The molecule has 28 heavy (non-hydrogen) atoms. The van der Waals surface area contributed by atoms with Gasteiger partial charge in [-0.3, -0.25) is 9.69 Å². The SMILES string of the molecule is O=C(NCCN1CCOCC1)c1cc(-c2cccs2)nn1-c1ccccc1Cl. The van der Waals surface area contributed by atoms with Gasteiger partial charge in [0.1, 0.15) is 11.4 Å². The van der Waals surface area contributed by atoms with Crippen molar-refractivity contribution in [2.24, 2.45) is 0 Å². The summed E-state index contributed by atoms with van der Waals surface area (Å²) >= 11 is 7.95. The standard InChI is InChI=1S/C20H21ClN4O2S/c21-15-4-1-2-5-17(15)25-18(14-16(23-25)19-6-3-13-28-19)20(26)22-7-8-24-9-11-27-12-10-24/h1-6,13-14H,7-12H2,(H,22,26). The molecule has 2 aromatic heterocycles. The van der Waals surface area contributed by atoms with Gasteiger partial charge in [-0.2, -0.15) is 5.10 Å². The van der Waals surface area contributed by atoms with E-state index in [4.69, 9.17) is 16.3 Å². The van der Waals surface area contributed by atoms with Gasteiger partial charge >= 0.3 is 0 Å². The number of rotatable bonds is 6. The molecule has 3 aromatic rings. The molecule has 1 aliphatic heterocycles. The molecule has 3 heterocycles. The molecular formula is C20H21ClN4O2S. The number of thiophene rings is 1. The van der Waals surface area contributed by atoms with E-state index in [-0.39, 0.29) is 5.91 Å². The quantitative estimate of drug-likeness (QED) is 0.669. The number of hydrogen-bond donors (Lipinski definition) is 1. The van der Waals surface area contributed by atoms with Crippen molar-refractivity contribution >= 4 is 28.8 Å². The molecule has 0 radical (unpaired) electrons. The van der Waals surface area contributed by atoms with Crippen molar-refractivity contribution in [2.45, 2.75) is 0 Å². The van der Waals surface area contributed by atoms with Gasteiger partial charge in [-0.1, -0.05) is 29.8 Å². The van der Waals surface area contributed by atoms with Crippen LogP contribution in [0.4, 0.5) is 0 Å². The summed E-state index contributed by atoms with van der Waals surface area (Å²) in [6.07, 6.45) is 0. The highest BCUT2D eigenvalue weighted by Gasteiger charge is 2.19. The summed E-state index contributed by atoms with van der Waals surface area (Å²) in [7, 11) is 0. The van der Waals surface area contributed by atoms with E-state index in [2.05, 4.69) is 15.3 Å². The zero-order valence-corrected chi connectivity index (χ0v) is 16.9. The lowest BCUT2D eigenvalue weighted by Crippen LogP contribution is -2.41. The van der Waals surface area contributed by atoms with E-state index >= 15 is 0 Å². The molecule has 0 spiro atoms. The van der Waals surface area contributed by atoms with Gasteiger partial charge in [0, 0.05) is 26.2 Å². The molecule has 0 unspecified atom stereocenters. The summed E-state index contributed by atoms with van der Waals surface area (Å²) in [5.74, 6) is -0.163. The average molecular weight is 417 g/mol. The number of aromatic nitrogens is 2. The predicted molar refractivity (Wildman–Crippen MR) is 111 cm³/mol. The number of benzene rings is 1. The Morgan fingerprint density at radius 1 is 1.21 bits per heavy atom. The van der Waals surface area contributed by atoms with Gasteiger partial charge in [0.15, 0.2) is 0 Å². The van der Waals surface area contributed by atoms with Gasteiger partial charge in [-0.15, -0.1) is 11.3 Å². The smallest absolute Gasteiger partial charge is 0.270 e. The molecule has 1 aliphatic rings. The van der Waals surface area contributed by atoms with Gasteiger partial charge in [0.05, 0.1) is 28.8 Å². The molecule has 6 nitrogen and oxygen atoms in total. The maximum Gasteiger partial charge on any atom is 0.270 e. The molecule has 1 amide bonds. The van der Waals surface area contributed by atoms with Crippen LogP contribution in [0.5, 0.6) is 0 Å². The number of hydrogen-bond acceptors (Lipinski definition) is 5. The molecule has 146 valence electrons. The van der Waals surface area contributed by atoms with Crippen molar-refractivity contribution in [3.8, 4) is 16.3 Å². The number of amides is 1. The van der Waals surface area contributed by atoms with E-state index in [9.17, 15) is 4.79 Å². The summed E-state index contributed by atoms with van der Waals surface area (Å²) in [6.45, 7) is 4.66. The second-order valence-electron chi connectivity index (χ2n) is 6.47. The molecule has 0 aliphatic carbocycles. The largest absolute Gasteiger partial charge is 0.379 e. The number of ether oxygens (including phenoxy) is 1. The highest BCUT2D eigenvalue weighted by molar-refractivity contribution is 7.13. The molecule has 1 aromatic carbocycles. The van der Waals surface area contributed by atoms with E-state index in [1.54, 1.807) is 22.1 Å². The normalized spacial score (nSPS) is 14.9. The fraction of sp³-hybridized carbons (Fsp3) is 0.300. The molecule has 1 saturated heterocycles. The van der Waals surface area contributed by atoms with Crippen molar-refractivity contribution in [1.82, 2.24) is 20.0 Å². The topological polar surface area (TPSA) is 59.4 Å². The fourth-order valence-electron chi connectivity index (χ4n) is 3.14. The number of morpholine rings is 1. The van der Waals surface area contributed by atoms with Crippen LogP contribution in [0, 0.1) is 0 Å². The van der Waals surface area contributed by atoms with Crippen LogP contribution in [0.25, 0.3) is 16.3 Å². The van der Waals surface area contributed by atoms with Gasteiger partial charge in [-0.25, -0.2) is 4.68 Å². The first kappa shape index (κ1) is 19.1. The zero-order valence-electron chi connectivity index (χ0n) is 15.3. The van der Waals surface area contributed by atoms with Crippen molar-refractivity contribution in [3.63, 3.8) is 0 Å². The van der Waals surface area contributed by atoms with E-state index < -0.39 is 0 Å². The van der Waals surface area contributed by atoms with E-state index in [1.807, 2.05) is 41.8 Å². The van der Waals surface area contributed by atoms with Gasteiger partial charge in [0.2, 0.25) is 0 Å². The molecule has 0 bridgehead atoms. The number of para-hydroxylation sites is 1. The highest BCUT2D eigenvalue weighted by atomic mass is 35.5. The van der Waals surface area contributed by atoms with Gasteiger partial charge in [-0.05, 0) is 29.6 Å². The maximum absolute atomic E-state index is 12.9. The number of nitrogens with one attached hydrogen (secondary N) is 1. The molecule has 1 N–H and O–H groups in total. The third-order valence-electron chi connectivity index (χ3n) is 4.61. The highest BCUT2D eigenvalue weighted by Crippen LogP contribution is 2.28. The first-order valence-electron chi connectivity index (χ1n) is 9.19. The van der Waals surface area contributed by atoms with Gasteiger partial charge in [0.25, 0.3) is 5.91 Å². The minimum atomic E-state index is -0.163. The second-order valence-corrected chi connectivity index (χ2v) is 7.82. The van der Waals surface area contributed by atoms with Crippen LogP contribution in [0.15, 0.2) is 47.8 Å². The van der Waals surface area contributed by atoms with E-state index in [1.165, 1.54) is 0 Å². The predicted octanol–water partition coefficient (Wildman–Crippen LogP) is 3.32. The van der Waals surface area contributed by atoms with Crippen LogP contribution in [0.1, 0.15) is 10.5 Å². The fourth-order valence-corrected chi connectivity index (χ4v) is 4.03. The van der Waals surface area contributed by atoms with E-state index in [0.29, 0.717) is 22.9 Å². The Bertz CT molecular complexity index is 936. The number of carbonyl (C=O) groups excluding carboxylic acids is 1. The Hall–Kier alpha value is -2.19. The summed E-state index contributed by atoms with van der Waals surface area (Å²) < 4.78 is 6.98. The number of halogens is 1. The van der Waals surface area contributed by atoms with Crippen LogP contribution < -0.4 is 5.32 Å². The Labute approximate surface area is 172 Å². The summed E-state index contributed by atoms with van der Waals surface area (Å²) in [4.78, 5) is 16.2. The number of nitrogens with zero attached hydrogens (tertiary/aromatic N) is 3.